The molecule has 1 heterocycles. The van der Waals surface area contributed by atoms with E-state index in [1.807, 2.05) is 17.7 Å². The Morgan fingerprint density at radius 1 is 1.29 bits per heavy atom. The number of rotatable bonds is 4. The van der Waals surface area contributed by atoms with Gasteiger partial charge in [-0.05, 0) is 17.5 Å². The van der Waals surface area contributed by atoms with Crippen LogP contribution in [0.4, 0.5) is 5.69 Å². The fourth-order valence-corrected chi connectivity index (χ4v) is 1.80. The summed E-state index contributed by atoms with van der Waals surface area (Å²) in [5, 5.41) is 11.3. The van der Waals surface area contributed by atoms with E-state index in [-0.39, 0.29) is 0 Å². The summed E-state index contributed by atoms with van der Waals surface area (Å²) in [5.74, 6) is 1.45. The highest BCUT2D eigenvalue weighted by Crippen LogP contribution is 2.23. The summed E-state index contributed by atoms with van der Waals surface area (Å²) >= 11 is 0. The number of nitrogens with one attached hydrogen (secondary N) is 1. The lowest BCUT2D eigenvalue weighted by atomic mass is 10.0. The zero-order valence-corrected chi connectivity index (χ0v) is 10.5. The highest BCUT2D eigenvalue weighted by Gasteiger charge is 2.06. The molecular weight excluding hydrogens is 212 g/mol. The van der Waals surface area contributed by atoms with Crippen LogP contribution in [-0.4, -0.2) is 14.8 Å². The second kappa shape index (κ2) is 4.99. The predicted octanol–water partition coefficient (Wildman–Crippen LogP) is 2.55. The Balaban J connectivity index is 2.11. The minimum atomic E-state index is 0.512. The van der Waals surface area contributed by atoms with Gasteiger partial charge in [0.25, 0.3) is 0 Å². The van der Waals surface area contributed by atoms with Crippen LogP contribution in [0.25, 0.3) is 0 Å². The second-order valence-electron chi connectivity index (χ2n) is 4.45. The maximum atomic E-state index is 4.06. The third kappa shape index (κ3) is 2.64. The molecule has 4 nitrogen and oxygen atoms in total. The van der Waals surface area contributed by atoms with E-state index in [0.29, 0.717) is 12.5 Å². The third-order valence-electron chi connectivity index (χ3n) is 2.82. The Labute approximate surface area is 102 Å². The van der Waals surface area contributed by atoms with Gasteiger partial charge in [0.15, 0.2) is 5.82 Å². The zero-order valence-electron chi connectivity index (χ0n) is 10.5. The minimum Gasteiger partial charge on any atom is -0.378 e. The molecule has 1 aromatic carbocycles. The highest BCUT2D eigenvalue weighted by atomic mass is 15.3. The van der Waals surface area contributed by atoms with E-state index < -0.39 is 0 Å². The lowest BCUT2D eigenvalue weighted by molar-refractivity contribution is 0.807. The van der Waals surface area contributed by atoms with Gasteiger partial charge >= 0.3 is 0 Å². The normalized spacial score (nSPS) is 10.8. The SMILES string of the molecule is CC(C)c1ccccc1NCc1nncn1C. The average Bonchev–Trinajstić information content (AvgIpc) is 2.72. The molecule has 0 aliphatic heterocycles. The van der Waals surface area contributed by atoms with Gasteiger partial charge in [-0.25, -0.2) is 0 Å². The molecule has 0 saturated carbocycles. The van der Waals surface area contributed by atoms with Gasteiger partial charge < -0.3 is 9.88 Å². The van der Waals surface area contributed by atoms with Crippen LogP contribution >= 0.6 is 0 Å². The molecular formula is C13H18N4. The fraction of sp³-hybridized carbons (Fsp3) is 0.385. The Kier molecular flexibility index (Phi) is 3.42. The largest absolute Gasteiger partial charge is 0.378 e. The maximum Gasteiger partial charge on any atom is 0.151 e. The maximum absolute atomic E-state index is 4.06. The molecule has 2 aromatic rings. The quantitative estimate of drug-likeness (QED) is 0.877. The molecule has 0 aliphatic rings. The van der Waals surface area contributed by atoms with Crippen LogP contribution in [-0.2, 0) is 13.6 Å². The van der Waals surface area contributed by atoms with Gasteiger partial charge in [-0.2, -0.15) is 0 Å². The van der Waals surface area contributed by atoms with E-state index >= 15 is 0 Å². The van der Waals surface area contributed by atoms with Crippen LogP contribution in [0.5, 0.6) is 0 Å². The number of benzene rings is 1. The van der Waals surface area contributed by atoms with Crippen LogP contribution in [0.2, 0.25) is 0 Å². The van der Waals surface area contributed by atoms with Crippen LogP contribution in [0.15, 0.2) is 30.6 Å². The molecule has 4 heteroatoms. The van der Waals surface area contributed by atoms with Crippen molar-refractivity contribution in [2.24, 2.45) is 7.05 Å². The van der Waals surface area contributed by atoms with Crippen LogP contribution in [0, 0.1) is 0 Å². The Morgan fingerprint density at radius 3 is 2.71 bits per heavy atom. The third-order valence-corrected chi connectivity index (χ3v) is 2.82. The Morgan fingerprint density at radius 2 is 2.06 bits per heavy atom. The number of anilines is 1. The van der Waals surface area contributed by atoms with Crippen molar-refractivity contribution in [3.8, 4) is 0 Å². The van der Waals surface area contributed by atoms with Crippen molar-refractivity contribution in [1.82, 2.24) is 14.8 Å². The molecule has 17 heavy (non-hydrogen) atoms. The fourth-order valence-electron chi connectivity index (χ4n) is 1.80. The summed E-state index contributed by atoms with van der Waals surface area (Å²) < 4.78 is 1.92. The van der Waals surface area contributed by atoms with Gasteiger partial charge in [-0.15, -0.1) is 10.2 Å². The van der Waals surface area contributed by atoms with Crippen molar-refractivity contribution in [2.75, 3.05) is 5.32 Å². The number of aryl methyl sites for hydroxylation is 1. The molecule has 0 aliphatic carbocycles. The number of hydrogen-bond donors (Lipinski definition) is 1. The zero-order chi connectivity index (χ0) is 12.3. The predicted molar refractivity (Wildman–Crippen MR) is 68.9 cm³/mol. The Hall–Kier alpha value is -1.84. The molecule has 90 valence electrons. The summed E-state index contributed by atoms with van der Waals surface area (Å²) in [4.78, 5) is 0. The van der Waals surface area contributed by atoms with E-state index in [0.717, 1.165) is 5.82 Å². The smallest absolute Gasteiger partial charge is 0.151 e. The van der Waals surface area contributed by atoms with Gasteiger partial charge in [0, 0.05) is 12.7 Å². The monoisotopic (exact) mass is 230 g/mol. The first-order valence-electron chi connectivity index (χ1n) is 5.84. The first kappa shape index (κ1) is 11.6. The number of hydrogen-bond acceptors (Lipinski definition) is 3. The summed E-state index contributed by atoms with van der Waals surface area (Å²) in [7, 11) is 1.95. The van der Waals surface area contributed by atoms with E-state index in [4.69, 9.17) is 0 Å². The molecule has 0 unspecified atom stereocenters. The Bertz CT molecular complexity index is 488. The van der Waals surface area contributed by atoms with Crippen molar-refractivity contribution in [2.45, 2.75) is 26.3 Å². The van der Waals surface area contributed by atoms with E-state index in [1.165, 1.54) is 11.3 Å². The molecule has 1 N–H and O–H groups in total. The van der Waals surface area contributed by atoms with Gasteiger partial charge in [-0.3, -0.25) is 0 Å². The van der Waals surface area contributed by atoms with Gasteiger partial charge in [0.2, 0.25) is 0 Å². The minimum absolute atomic E-state index is 0.512. The summed E-state index contributed by atoms with van der Waals surface area (Å²) in [5.41, 5.74) is 2.50. The lowest BCUT2D eigenvalue weighted by Crippen LogP contribution is -2.07. The first-order chi connectivity index (χ1) is 8.18. The van der Waals surface area contributed by atoms with E-state index in [9.17, 15) is 0 Å². The molecule has 0 amide bonds. The van der Waals surface area contributed by atoms with Gasteiger partial charge in [0.1, 0.15) is 6.33 Å². The molecule has 1 aromatic heterocycles. The van der Waals surface area contributed by atoms with Crippen LogP contribution in [0.1, 0.15) is 31.2 Å². The highest BCUT2D eigenvalue weighted by molar-refractivity contribution is 5.52. The summed E-state index contributed by atoms with van der Waals surface area (Å²) in [6.45, 7) is 5.09. The number of para-hydroxylation sites is 1. The van der Waals surface area contributed by atoms with Crippen LogP contribution in [0.3, 0.4) is 0 Å². The topological polar surface area (TPSA) is 42.7 Å². The number of nitrogens with zero attached hydrogens (tertiary/aromatic N) is 3. The van der Waals surface area contributed by atoms with E-state index in [1.54, 1.807) is 6.33 Å². The molecule has 2 rings (SSSR count). The van der Waals surface area contributed by atoms with Crippen molar-refractivity contribution in [1.29, 1.82) is 0 Å². The number of aromatic nitrogens is 3. The average molecular weight is 230 g/mol. The summed E-state index contributed by atoms with van der Waals surface area (Å²) in [6.07, 6.45) is 1.71. The van der Waals surface area contributed by atoms with E-state index in [2.05, 4.69) is 47.6 Å². The lowest BCUT2D eigenvalue weighted by Gasteiger charge is -2.14. The standard InChI is InChI=1S/C13H18N4/c1-10(2)11-6-4-5-7-12(11)14-8-13-16-15-9-17(13)3/h4-7,9-10,14H,8H2,1-3H3. The molecule has 0 spiro atoms. The van der Waals surface area contributed by atoms with Crippen LogP contribution < -0.4 is 5.32 Å². The molecule has 0 saturated heterocycles. The van der Waals surface area contributed by atoms with Crippen molar-refractivity contribution >= 4 is 5.69 Å². The van der Waals surface area contributed by atoms with Crippen molar-refractivity contribution in [3.05, 3.63) is 42.0 Å². The summed E-state index contributed by atoms with van der Waals surface area (Å²) in [6, 6.07) is 8.38. The molecule has 0 fully saturated rings. The molecule has 0 atom stereocenters. The molecule has 0 radical (unpaired) electrons. The first-order valence-corrected chi connectivity index (χ1v) is 5.84. The van der Waals surface area contributed by atoms with Gasteiger partial charge in [-0.1, -0.05) is 32.0 Å². The van der Waals surface area contributed by atoms with Gasteiger partial charge in [0.05, 0.1) is 6.54 Å². The van der Waals surface area contributed by atoms with Crippen molar-refractivity contribution < 1.29 is 0 Å². The van der Waals surface area contributed by atoms with Crippen molar-refractivity contribution in [3.63, 3.8) is 0 Å². The molecule has 0 bridgehead atoms. The second-order valence-corrected chi connectivity index (χ2v) is 4.45.